The van der Waals surface area contributed by atoms with Crippen LogP contribution in [0.25, 0.3) is 10.9 Å². The van der Waals surface area contributed by atoms with Gasteiger partial charge in [0, 0.05) is 25.2 Å². The zero-order valence-corrected chi connectivity index (χ0v) is 10.9. The molecule has 0 saturated carbocycles. The summed E-state index contributed by atoms with van der Waals surface area (Å²) >= 11 is 0. The average molecular weight is 233 g/mol. The van der Waals surface area contributed by atoms with E-state index in [0.29, 0.717) is 6.61 Å². The smallest absolute Gasteiger partial charge is 0.147 e. The van der Waals surface area contributed by atoms with Gasteiger partial charge < -0.3 is 9.64 Å². The van der Waals surface area contributed by atoms with Crippen molar-refractivity contribution in [2.24, 2.45) is 7.05 Å². The highest BCUT2D eigenvalue weighted by atomic mass is 16.5. The molecule has 4 heteroatoms. The van der Waals surface area contributed by atoms with E-state index in [0.717, 1.165) is 23.2 Å². The summed E-state index contributed by atoms with van der Waals surface area (Å²) in [5.41, 5.74) is 2.18. The van der Waals surface area contributed by atoms with Crippen LogP contribution in [-0.4, -0.2) is 41.9 Å². The molecule has 1 heterocycles. The van der Waals surface area contributed by atoms with E-state index in [9.17, 15) is 0 Å². The molecule has 0 saturated heterocycles. The van der Waals surface area contributed by atoms with Crippen molar-refractivity contribution in [1.29, 1.82) is 0 Å². The Morgan fingerprint density at radius 2 is 2.12 bits per heavy atom. The molecule has 0 unspecified atom stereocenters. The molecular formula is C13H19N3O. The predicted octanol–water partition coefficient (Wildman–Crippen LogP) is 1.82. The second kappa shape index (κ2) is 4.75. The molecule has 0 spiro atoms. The molecule has 0 aliphatic carbocycles. The van der Waals surface area contributed by atoms with Gasteiger partial charge in [-0.2, -0.15) is 5.10 Å². The molecule has 4 nitrogen and oxygen atoms in total. The summed E-state index contributed by atoms with van der Waals surface area (Å²) in [5.74, 6) is 0.869. The van der Waals surface area contributed by atoms with Crippen molar-refractivity contribution in [3.8, 4) is 5.75 Å². The van der Waals surface area contributed by atoms with E-state index in [2.05, 4.69) is 23.0 Å². The van der Waals surface area contributed by atoms with Crippen molar-refractivity contribution in [3.63, 3.8) is 0 Å². The number of nitrogens with zero attached hydrogens (tertiary/aromatic N) is 3. The Hall–Kier alpha value is -1.55. The van der Waals surface area contributed by atoms with Gasteiger partial charge in [-0.15, -0.1) is 0 Å². The molecule has 0 bridgehead atoms. The third kappa shape index (κ3) is 2.58. The fraction of sp³-hybridized carbons (Fsp3) is 0.462. The quantitative estimate of drug-likeness (QED) is 0.807. The molecule has 0 aliphatic rings. The molecule has 2 aromatic rings. The van der Waals surface area contributed by atoms with Gasteiger partial charge in [-0.05, 0) is 32.6 Å². The summed E-state index contributed by atoms with van der Waals surface area (Å²) in [4.78, 5) is 2.10. The summed E-state index contributed by atoms with van der Waals surface area (Å²) < 4.78 is 7.61. The molecule has 0 aliphatic heterocycles. The van der Waals surface area contributed by atoms with Crippen LogP contribution in [-0.2, 0) is 7.05 Å². The third-order valence-corrected chi connectivity index (χ3v) is 2.77. The van der Waals surface area contributed by atoms with Crippen molar-refractivity contribution in [2.45, 2.75) is 6.92 Å². The molecule has 92 valence electrons. The normalized spacial score (nSPS) is 11.4. The van der Waals surface area contributed by atoms with Crippen LogP contribution < -0.4 is 4.74 Å². The predicted molar refractivity (Wildman–Crippen MR) is 69.5 cm³/mol. The van der Waals surface area contributed by atoms with E-state index in [1.54, 1.807) is 0 Å². The number of rotatable bonds is 4. The second-order valence-electron chi connectivity index (χ2n) is 4.60. The van der Waals surface area contributed by atoms with Crippen LogP contribution in [0.1, 0.15) is 5.56 Å². The monoisotopic (exact) mass is 233 g/mol. The number of aryl methyl sites for hydroxylation is 2. The largest absolute Gasteiger partial charge is 0.490 e. The van der Waals surface area contributed by atoms with Crippen molar-refractivity contribution >= 4 is 10.9 Å². The average Bonchev–Trinajstić information content (AvgIpc) is 2.64. The Morgan fingerprint density at radius 1 is 1.35 bits per heavy atom. The SMILES string of the molecule is Cc1ccc(OCCN(C)C)c2nn(C)cc12. The maximum Gasteiger partial charge on any atom is 0.147 e. The Kier molecular flexibility index (Phi) is 3.33. The lowest BCUT2D eigenvalue weighted by Gasteiger charge is -2.11. The maximum absolute atomic E-state index is 5.78. The molecule has 2 rings (SSSR count). The van der Waals surface area contributed by atoms with Crippen molar-refractivity contribution in [3.05, 3.63) is 23.9 Å². The first-order chi connectivity index (χ1) is 8.08. The van der Waals surface area contributed by atoms with Crippen LogP contribution in [0, 0.1) is 6.92 Å². The fourth-order valence-electron chi connectivity index (χ4n) is 1.78. The topological polar surface area (TPSA) is 30.3 Å². The van der Waals surface area contributed by atoms with Crippen LogP contribution in [0.3, 0.4) is 0 Å². The van der Waals surface area contributed by atoms with Gasteiger partial charge in [-0.25, -0.2) is 0 Å². The van der Waals surface area contributed by atoms with E-state index in [4.69, 9.17) is 4.74 Å². The van der Waals surface area contributed by atoms with E-state index in [-0.39, 0.29) is 0 Å². The molecule has 0 atom stereocenters. The van der Waals surface area contributed by atoms with Crippen LogP contribution in [0.5, 0.6) is 5.75 Å². The Morgan fingerprint density at radius 3 is 2.82 bits per heavy atom. The second-order valence-corrected chi connectivity index (χ2v) is 4.60. The van der Waals surface area contributed by atoms with Crippen molar-refractivity contribution in [1.82, 2.24) is 14.7 Å². The fourth-order valence-corrected chi connectivity index (χ4v) is 1.78. The molecule has 0 amide bonds. The van der Waals surface area contributed by atoms with Crippen LogP contribution >= 0.6 is 0 Å². The number of aromatic nitrogens is 2. The first kappa shape index (κ1) is 11.9. The summed E-state index contributed by atoms with van der Waals surface area (Å²) in [6.07, 6.45) is 2.03. The number of ether oxygens (including phenoxy) is 1. The lowest BCUT2D eigenvalue weighted by Crippen LogP contribution is -2.19. The minimum absolute atomic E-state index is 0.682. The molecule has 1 aromatic heterocycles. The summed E-state index contributed by atoms with van der Waals surface area (Å²) in [6.45, 7) is 3.68. The standard InChI is InChI=1S/C13H19N3O/c1-10-5-6-12(17-8-7-15(2)3)13-11(10)9-16(4)14-13/h5-6,9H,7-8H2,1-4H3. The van der Waals surface area contributed by atoms with Crippen LogP contribution in [0.15, 0.2) is 18.3 Å². The van der Waals surface area contributed by atoms with Gasteiger partial charge in [0.15, 0.2) is 0 Å². The van der Waals surface area contributed by atoms with Gasteiger partial charge in [0.1, 0.15) is 17.9 Å². The number of hydrogen-bond donors (Lipinski definition) is 0. The number of benzene rings is 1. The van der Waals surface area contributed by atoms with Gasteiger partial charge in [0.05, 0.1) is 0 Å². The van der Waals surface area contributed by atoms with E-state index >= 15 is 0 Å². The number of fused-ring (bicyclic) bond motifs is 1. The molecule has 17 heavy (non-hydrogen) atoms. The molecular weight excluding hydrogens is 214 g/mol. The highest BCUT2D eigenvalue weighted by Crippen LogP contribution is 2.26. The summed E-state index contributed by atoms with van der Waals surface area (Å²) in [5, 5.41) is 5.61. The van der Waals surface area contributed by atoms with Crippen molar-refractivity contribution in [2.75, 3.05) is 27.2 Å². The minimum Gasteiger partial charge on any atom is -0.490 e. The van der Waals surface area contributed by atoms with E-state index in [1.807, 2.05) is 38.1 Å². The lowest BCUT2D eigenvalue weighted by atomic mass is 10.1. The minimum atomic E-state index is 0.682. The summed E-state index contributed by atoms with van der Waals surface area (Å²) in [7, 11) is 6.01. The zero-order valence-electron chi connectivity index (χ0n) is 10.9. The molecule has 1 aromatic carbocycles. The van der Waals surface area contributed by atoms with E-state index in [1.165, 1.54) is 5.56 Å². The highest BCUT2D eigenvalue weighted by Gasteiger charge is 2.08. The Bertz CT molecular complexity index is 517. The van der Waals surface area contributed by atoms with Crippen molar-refractivity contribution < 1.29 is 4.74 Å². The first-order valence-electron chi connectivity index (χ1n) is 5.78. The van der Waals surface area contributed by atoms with Gasteiger partial charge in [-0.3, -0.25) is 4.68 Å². The molecule has 0 radical (unpaired) electrons. The zero-order chi connectivity index (χ0) is 12.4. The van der Waals surface area contributed by atoms with Gasteiger partial charge in [0.25, 0.3) is 0 Å². The first-order valence-corrected chi connectivity index (χ1v) is 5.78. The Balaban J connectivity index is 2.25. The molecule has 0 N–H and O–H groups in total. The van der Waals surface area contributed by atoms with Gasteiger partial charge in [0.2, 0.25) is 0 Å². The molecule has 0 fully saturated rings. The lowest BCUT2D eigenvalue weighted by molar-refractivity contribution is 0.263. The number of likely N-dealkylation sites (N-methyl/N-ethyl adjacent to an activating group) is 1. The highest BCUT2D eigenvalue weighted by molar-refractivity contribution is 5.87. The van der Waals surface area contributed by atoms with Gasteiger partial charge in [-0.1, -0.05) is 6.07 Å². The van der Waals surface area contributed by atoms with Crippen LogP contribution in [0.4, 0.5) is 0 Å². The third-order valence-electron chi connectivity index (χ3n) is 2.77. The number of hydrogen-bond acceptors (Lipinski definition) is 3. The maximum atomic E-state index is 5.78. The van der Waals surface area contributed by atoms with Crippen LogP contribution in [0.2, 0.25) is 0 Å². The summed E-state index contributed by atoms with van der Waals surface area (Å²) in [6, 6.07) is 4.08. The Labute approximate surface area is 102 Å². The van der Waals surface area contributed by atoms with Gasteiger partial charge >= 0.3 is 0 Å². The van der Waals surface area contributed by atoms with E-state index < -0.39 is 0 Å².